The standard InChI is InChI=1S/C24H16Cl3NO5/c1-33-17-6-7-19(27)18(11-17)22(30)20-21(12-2-4-16(29)5-3-12)28(24(32)23(20)31)15-9-13(25)8-14(26)10-15/h2-11,21,29-30H,1H3/b22-20+. The maximum absolute atomic E-state index is 13.2. The molecule has 4 rings (SSSR count). The summed E-state index contributed by atoms with van der Waals surface area (Å²) in [6, 6.07) is 13.9. The van der Waals surface area contributed by atoms with Crippen LogP contribution in [0, 0.1) is 0 Å². The number of ketones is 1. The number of benzene rings is 3. The first-order chi connectivity index (χ1) is 15.7. The van der Waals surface area contributed by atoms with Crippen molar-refractivity contribution in [2.75, 3.05) is 12.0 Å². The minimum absolute atomic E-state index is 0.00246. The number of Topliss-reactive ketones (excluding diaryl/α,β-unsaturated/α-hetero) is 1. The van der Waals surface area contributed by atoms with Gasteiger partial charge in [0.1, 0.15) is 17.3 Å². The van der Waals surface area contributed by atoms with Crippen LogP contribution in [0.15, 0.2) is 66.2 Å². The summed E-state index contributed by atoms with van der Waals surface area (Å²) < 4.78 is 5.20. The fourth-order valence-electron chi connectivity index (χ4n) is 3.71. The van der Waals surface area contributed by atoms with Crippen molar-refractivity contribution in [3.63, 3.8) is 0 Å². The van der Waals surface area contributed by atoms with E-state index in [1.165, 1.54) is 54.5 Å². The lowest BCUT2D eigenvalue weighted by Crippen LogP contribution is -2.29. The molecule has 1 aliphatic heterocycles. The average Bonchev–Trinajstić information content (AvgIpc) is 3.04. The number of aliphatic hydroxyl groups excluding tert-OH is 1. The van der Waals surface area contributed by atoms with Gasteiger partial charge in [-0.1, -0.05) is 46.9 Å². The van der Waals surface area contributed by atoms with E-state index < -0.39 is 23.5 Å². The lowest BCUT2D eigenvalue weighted by atomic mass is 9.95. The average molecular weight is 505 g/mol. The van der Waals surface area contributed by atoms with E-state index in [1.807, 2.05) is 0 Å². The number of phenolic OH excluding ortho intramolecular Hbond substituents is 1. The SMILES string of the molecule is COc1ccc(Cl)c(/C(O)=C2\C(=O)C(=O)N(c3cc(Cl)cc(Cl)c3)C2c2ccc(O)cc2)c1. The summed E-state index contributed by atoms with van der Waals surface area (Å²) in [7, 11) is 1.45. The molecular weight excluding hydrogens is 489 g/mol. The van der Waals surface area contributed by atoms with E-state index in [-0.39, 0.29) is 37.6 Å². The first-order valence-corrected chi connectivity index (χ1v) is 10.7. The number of hydrogen-bond acceptors (Lipinski definition) is 5. The normalized spacial score (nSPS) is 17.5. The van der Waals surface area contributed by atoms with E-state index in [0.717, 1.165) is 0 Å². The highest BCUT2D eigenvalue weighted by Crippen LogP contribution is 2.44. The zero-order valence-corrected chi connectivity index (χ0v) is 19.3. The summed E-state index contributed by atoms with van der Waals surface area (Å²) >= 11 is 18.6. The van der Waals surface area contributed by atoms with Gasteiger partial charge in [0.2, 0.25) is 0 Å². The molecule has 6 nitrogen and oxygen atoms in total. The molecule has 3 aromatic rings. The minimum atomic E-state index is -1.04. The first kappa shape index (κ1) is 23.0. The van der Waals surface area contributed by atoms with Gasteiger partial charge in [-0.05, 0) is 54.1 Å². The molecule has 2 N–H and O–H groups in total. The van der Waals surface area contributed by atoms with Crippen LogP contribution in [0.4, 0.5) is 5.69 Å². The Morgan fingerprint density at radius 3 is 2.18 bits per heavy atom. The molecule has 9 heteroatoms. The molecule has 0 aromatic heterocycles. The highest BCUT2D eigenvalue weighted by atomic mass is 35.5. The molecule has 1 amide bonds. The molecule has 33 heavy (non-hydrogen) atoms. The van der Waals surface area contributed by atoms with Crippen LogP contribution < -0.4 is 9.64 Å². The van der Waals surface area contributed by atoms with E-state index in [1.54, 1.807) is 18.2 Å². The Morgan fingerprint density at radius 2 is 1.58 bits per heavy atom. The maximum Gasteiger partial charge on any atom is 0.300 e. The van der Waals surface area contributed by atoms with Crippen molar-refractivity contribution < 1.29 is 24.5 Å². The van der Waals surface area contributed by atoms with E-state index in [4.69, 9.17) is 39.5 Å². The molecule has 168 valence electrons. The number of methoxy groups -OCH3 is 1. The van der Waals surface area contributed by atoms with Crippen molar-refractivity contribution in [3.05, 3.63) is 92.4 Å². The van der Waals surface area contributed by atoms with Crippen LogP contribution in [0.3, 0.4) is 0 Å². The lowest BCUT2D eigenvalue weighted by molar-refractivity contribution is -0.132. The van der Waals surface area contributed by atoms with Crippen LogP contribution in [0.5, 0.6) is 11.5 Å². The van der Waals surface area contributed by atoms with E-state index >= 15 is 0 Å². The molecule has 1 unspecified atom stereocenters. The zero-order chi connectivity index (χ0) is 23.9. The molecule has 3 aromatic carbocycles. The van der Waals surface area contributed by atoms with Gasteiger partial charge in [-0.15, -0.1) is 0 Å². The van der Waals surface area contributed by atoms with E-state index in [9.17, 15) is 19.8 Å². The van der Waals surface area contributed by atoms with Gasteiger partial charge >= 0.3 is 0 Å². The van der Waals surface area contributed by atoms with Crippen molar-refractivity contribution in [2.24, 2.45) is 0 Å². The van der Waals surface area contributed by atoms with Gasteiger partial charge in [-0.3, -0.25) is 14.5 Å². The van der Waals surface area contributed by atoms with Gasteiger partial charge in [0.05, 0.1) is 23.7 Å². The second kappa shape index (κ2) is 8.98. The Kier molecular flexibility index (Phi) is 6.26. The van der Waals surface area contributed by atoms with Crippen molar-refractivity contribution in [1.29, 1.82) is 0 Å². The highest BCUT2D eigenvalue weighted by molar-refractivity contribution is 6.52. The molecule has 1 fully saturated rings. The van der Waals surface area contributed by atoms with Crippen LogP contribution >= 0.6 is 34.8 Å². The molecule has 0 spiro atoms. The largest absolute Gasteiger partial charge is 0.508 e. The summed E-state index contributed by atoms with van der Waals surface area (Å²) in [5, 5.41) is 21.6. The fourth-order valence-corrected chi connectivity index (χ4v) is 4.43. The van der Waals surface area contributed by atoms with Crippen LogP contribution in [0.1, 0.15) is 17.2 Å². The molecule has 1 aliphatic rings. The van der Waals surface area contributed by atoms with Gasteiger partial charge in [-0.2, -0.15) is 0 Å². The number of aliphatic hydroxyl groups is 1. The van der Waals surface area contributed by atoms with Crippen molar-refractivity contribution in [3.8, 4) is 11.5 Å². The van der Waals surface area contributed by atoms with Crippen molar-refractivity contribution >= 4 is 57.9 Å². The zero-order valence-electron chi connectivity index (χ0n) is 17.1. The highest BCUT2D eigenvalue weighted by Gasteiger charge is 2.47. The lowest BCUT2D eigenvalue weighted by Gasteiger charge is -2.26. The number of anilines is 1. The minimum Gasteiger partial charge on any atom is -0.508 e. The van der Waals surface area contributed by atoms with Gasteiger partial charge in [-0.25, -0.2) is 0 Å². The quantitative estimate of drug-likeness (QED) is 0.259. The van der Waals surface area contributed by atoms with Crippen LogP contribution in [0.2, 0.25) is 15.1 Å². The van der Waals surface area contributed by atoms with Crippen LogP contribution in [-0.2, 0) is 9.59 Å². The number of ether oxygens (including phenoxy) is 1. The molecule has 0 saturated carbocycles. The van der Waals surface area contributed by atoms with Gasteiger partial charge < -0.3 is 14.9 Å². The molecule has 0 radical (unpaired) electrons. The predicted octanol–water partition coefficient (Wildman–Crippen LogP) is 5.99. The third-order valence-corrected chi connectivity index (χ3v) is 5.97. The molecule has 0 aliphatic carbocycles. The van der Waals surface area contributed by atoms with Gasteiger partial charge in [0, 0.05) is 21.3 Å². The molecule has 0 bridgehead atoms. The molecule has 1 saturated heterocycles. The Morgan fingerprint density at radius 1 is 0.939 bits per heavy atom. The number of carbonyl (C=O) groups excluding carboxylic acids is 2. The van der Waals surface area contributed by atoms with Crippen molar-refractivity contribution in [2.45, 2.75) is 6.04 Å². The summed E-state index contributed by atoms with van der Waals surface area (Å²) in [4.78, 5) is 27.6. The Balaban J connectivity index is 1.99. The topological polar surface area (TPSA) is 87.1 Å². The van der Waals surface area contributed by atoms with E-state index in [2.05, 4.69) is 0 Å². The van der Waals surface area contributed by atoms with Crippen molar-refractivity contribution in [1.82, 2.24) is 0 Å². The second-order valence-corrected chi connectivity index (χ2v) is 8.51. The van der Waals surface area contributed by atoms with Gasteiger partial charge in [0.15, 0.2) is 0 Å². The Hall–Kier alpha value is -3.19. The van der Waals surface area contributed by atoms with Gasteiger partial charge in [0.25, 0.3) is 11.7 Å². The number of rotatable bonds is 4. The number of halogens is 3. The summed E-state index contributed by atoms with van der Waals surface area (Å²) in [6.45, 7) is 0. The van der Waals surface area contributed by atoms with Crippen LogP contribution in [-0.4, -0.2) is 29.0 Å². The molecular formula is C24H16Cl3NO5. The molecule has 1 heterocycles. The number of nitrogens with zero attached hydrogens (tertiary/aromatic N) is 1. The third kappa shape index (κ3) is 4.25. The summed E-state index contributed by atoms with van der Waals surface area (Å²) in [5.41, 5.74) is 0.672. The fraction of sp³-hybridized carbons (Fsp3) is 0.0833. The number of hydrogen-bond donors (Lipinski definition) is 2. The first-order valence-electron chi connectivity index (χ1n) is 9.61. The maximum atomic E-state index is 13.2. The smallest absolute Gasteiger partial charge is 0.300 e. The number of phenols is 1. The second-order valence-electron chi connectivity index (χ2n) is 7.23. The number of carbonyl (C=O) groups is 2. The Bertz CT molecular complexity index is 1280. The monoisotopic (exact) mass is 503 g/mol. The van der Waals surface area contributed by atoms with Crippen LogP contribution in [0.25, 0.3) is 5.76 Å². The number of amides is 1. The molecule has 1 atom stereocenters. The Labute approximate surface area is 204 Å². The predicted molar refractivity (Wildman–Crippen MR) is 127 cm³/mol. The summed E-state index contributed by atoms with van der Waals surface area (Å²) in [6.07, 6.45) is 0. The summed E-state index contributed by atoms with van der Waals surface area (Å²) in [5.74, 6) is -1.87. The number of aromatic hydroxyl groups is 1. The van der Waals surface area contributed by atoms with E-state index in [0.29, 0.717) is 11.3 Å². The third-order valence-electron chi connectivity index (χ3n) is 5.21.